The normalized spacial score (nSPS) is 20.5. The Kier molecular flexibility index (Phi) is 7.86. The fourth-order valence-corrected chi connectivity index (χ4v) is 3.95. The van der Waals surface area contributed by atoms with Gasteiger partial charge in [-0.2, -0.15) is 0 Å². The minimum Gasteiger partial charge on any atom is -0.544 e. The highest BCUT2D eigenvalue weighted by Gasteiger charge is 2.26. The average molecular weight is 405 g/mol. The molecule has 2 rings (SSSR count). The third kappa shape index (κ3) is 6.82. The molecule has 1 heterocycles. The zero-order valence-corrected chi connectivity index (χ0v) is 18.7. The quantitative estimate of drug-likeness (QED) is 0.499. The Morgan fingerprint density at radius 2 is 1.82 bits per heavy atom. The van der Waals surface area contributed by atoms with Crippen LogP contribution >= 0.6 is 0 Å². The number of ether oxygens (including phenoxy) is 2. The minimum absolute atomic E-state index is 0.262. The Labute approximate surface area is 169 Å². The molecule has 28 heavy (non-hydrogen) atoms. The summed E-state index contributed by atoms with van der Waals surface area (Å²) in [6.07, 6.45) is 7.76. The Balaban J connectivity index is 2.48. The average Bonchev–Trinajstić information content (AvgIpc) is 2.58. The summed E-state index contributed by atoms with van der Waals surface area (Å²) in [6.45, 7) is 8.08. The van der Waals surface area contributed by atoms with E-state index in [0.717, 1.165) is 19.3 Å². The molecule has 0 spiro atoms. The molecule has 1 aromatic carbocycles. The van der Waals surface area contributed by atoms with E-state index in [-0.39, 0.29) is 11.9 Å². The van der Waals surface area contributed by atoms with Gasteiger partial charge in [0.05, 0.1) is 13.2 Å². The number of benzene rings is 1. The standard InChI is InChI=1S/C22H32O5Si/c1-16-10-9-13-18(23)12-8-6-7-11-17-14-19(25-2)15-20(27-28(3,4)5)21(17)22(24)26-16/h7,11,14-16H,6,8-10,12-13H2,1-5H3/b11-7+/t16-/m0/s1. The molecule has 0 amide bonds. The van der Waals surface area contributed by atoms with Crippen LogP contribution in [0.15, 0.2) is 18.2 Å². The van der Waals surface area contributed by atoms with Gasteiger partial charge in [-0.3, -0.25) is 4.79 Å². The fraction of sp³-hybridized carbons (Fsp3) is 0.545. The molecule has 0 fully saturated rings. The molecule has 1 atom stereocenters. The lowest BCUT2D eigenvalue weighted by Crippen LogP contribution is -2.30. The molecule has 0 saturated carbocycles. The summed E-state index contributed by atoms with van der Waals surface area (Å²) in [6, 6.07) is 3.59. The van der Waals surface area contributed by atoms with Crippen LogP contribution < -0.4 is 9.16 Å². The van der Waals surface area contributed by atoms with Crippen molar-refractivity contribution in [2.75, 3.05) is 7.11 Å². The minimum atomic E-state index is -1.96. The van der Waals surface area contributed by atoms with E-state index in [0.29, 0.717) is 41.9 Å². The van der Waals surface area contributed by atoms with Crippen LogP contribution in [0.3, 0.4) is 0 Å². The summed E-state index contributed by atoms with van der Waals surface area (Å²) in [5, 5.41) is 0. The topological polar surface area (TPSA) is 61.8 Å². The number of hydrogen-bond acceptors (Lipinski definition) is 5. The van der Waals surface area contributed by atoms with Gasteiger partial charge in [0, 0.05) is 18.9 Å². The van der Waals surface area contributed by atoms with E-state index >= 15 is 0 Å². The molecule has 0 radical (unpaired) electrons. The van der Waals surface area contributed by atoms with Crippen molar-refractivity contribution < 1.29 is 23.5 Å². The van der Waals surface area contributed by atoms with E-state index in [9.17, 15) is 9.59 Å². The molecule has 0 aromatic heterocycles. The van der Waals surface area contributed by atoms with Crippen molar-refractivity contribution in [3.63, 3.8) is 0 Å². The van der Waals surface area contributed by atoms with Crippen molar-refractivity contribution in [3.05, 3.63) is 29.3 Å². The SMILES string of the molecule is COc1cc2c(c(O[Si](C)(C)C)c1)C(=O)O[C@@H](C)CCCC(=O)CCC/C=C/2. The van der Waals surface area contributed by atoms with Gasteiger partial charge in [-0.1, -0.05) is 12.2 Å². The number of cyclic esters (lactones) is 1. The van der Waals surface area contributed by atoms with Gasteiger partial charge in [-0.25, -0.2) is 4.79 Å². The lowest BCUT2D eigenvalue weighted by molar-refractivity contribution is -0.119. The third-order valence-electron chi connectivity index (χ3n) is 4.46. The summed E-state index contributed by atoms with van der Waals surface area (Å²) in [4.78, 5) is 25.0. The second-order valence-electron chi connectivity index (χ2n) is 8.25. The van der Waals surface area contributed by atoms with Crippen LogP contribution in [0.5, 0.6) is 11.5 Å². The molecule has 5 nitrogen and oxygen atoms in total. The number of Topliss-reactive ketones (excluding diaryl/α,β-unsaturated/α-hetero) is 1. The summed E-state index contributed by atoms with van der Waals surface area (Å²) in [5.41, 5.74) is 1.16. The molecule has 1 aromatic rings. The van der Waals surface area contributed by atoms with Gasteiger partial charge < -0.3 is 13.9 Å². The van der Waals surface area contributed by atoms with E-state index in [1.54, 1.807) is 13.2 Å². The first kappa shape index (κ1) is 22.2. The number of fused-ring (bicyclic) bond motifs is 1. The van der Waals surface area contributed by atoms with Crippen molar-refractivity contribution in [1.29, 1.82) is 0 Å². The lowest BCUT2D eigenvalue weighted by Gasteiger charge is -2.24. The first-order valence-electron chi connectivity index (χ1n) is 10.00. The van der Waals surface area contributed by atoms with E-state index in [1.165, 1.54) is 0 Å². The molecule has 154 valence electrons. The Morgan fingerprint density at radius 3 is 2.50 bits per heavy atom. The number of methoxy groups -OCH3 is 1. The molecule has 1 aliphatic rings. The molecular formula is C22H32O5Si. The maximum absolute atomic E-state index is 13.0. The second-order valence-corrected chi connectivity index (χ2v) is 12.7. The number of rotatable bonds is 3. The Morgan fingerprint density at radius 1 is 1.11 bits per heavy atom. The highest BCUT2D eigenvalue weighted by atomic mass is 28.4. The maximum atomic E-state index is 13.0. The molecular weight excluding hydrogens is 372 g/mol. The number of allylic oxidation sites excluding steroid dienone is 1. The Bertz CT molecular complexity index is 733. The fourth-order valence-electron chi connectivity index (χ4n) is 3.13. The van der Waals surface area contributed by atoms with Crippen LogP contribution in [0.2, 0.25) is 19.6 Å². The van der Waals surface area contributed by atoms with Crippen LogP contribution in [-0.4, -0.2) is 33.3 Å². The predicted octanol–water partition coefficient (Wildman–Crippen LogP) is 5.39. The maximum Gasteiger partial charge on any atom is 0.342 e. The summed E-state index contributed by atoms with van der Waals surface area (Å²) in [5.74, 6) is 1.02. The number of carbonyl (C=O) groups is 2. The van der Waals surface area contributed by atoms with Gasteiger partial charge in [0.1, 0.15) is 22.8 Å². The molecule has 1 aliphatic heterocycles. The van der Waals surface area contributed by atoms with E-state index < -0.39 is 14.3 Å². The van der Waals surface area contributed by atoms with Crippen LogP contribution in [0.25, 0.3) is 6.08 Å². The number of esters is 1. The third-order valence-corrected chi connectivity index (χ3v) is 5.29. The number of carbonyl (C=O) groups excluding carboxylic acids is 2. The van der Waals surface area contributed by atoms with Crippen molar-refractivity contribution in [2.45, 2.75) is 71.2 Å². The van der Waals surface area contributed by atoms with Crippen molar-refractivity contribution in [3.8, 4) is 11.5 Å². The zero-order valence-electron chi connectivity index (χ0n) is 17.7. The van der Waals surface area contributed by atoms with Gasteiger partial charge in [-0.05, 0) is 63.9 Å². The predicted molar refractivity (Wildman–Crippen MR) is 114 cm³/mol. The number of ketones is 1. The molecule has 0 N–H and O–H groups in total. The summed E-state index contributed by atoms with van der Waals surface area (Å²) >= 11 is 0. The molecule has 0 bridgehead atoms. The molecule has 0 aliphatic carbocycles. The Hall–Kier alpha value is -2.08. The van der Waals surface area contributed by atoms with Gasteiger partial charge in [0.2, 0.25) is 8.32 Å². The van der Waals surface area contributed by atoms with Crippen molar-refractivity contribution in [2.24, 2.45) is 0 Å². The van der Waals surface area contributed by atoms with E-state index in [4.69, 9.17) is 13.9 Å². The monoisotopic (exact) mass is 404 g/mol. The first-order valence-corrected chi connectivity index (χ1v) is 13.4. The highest BCUT2D eigenvalue weighted by Crippen LogP contribution is 2.33. The molecule has 6 heteroatoms. The molecule has 0 saturated heterocycles. The smallest absolute Gasteiger partial charge is 0.342 e. The molecule has 0 unspecified atom stereocenters. The largest absolute Gasteiger partial charge is 0.544 e. The highest BCUT2D eigenvalue weighted by molar-refractivity contribution is 6.70. The second kappa shape index (κ2) is 9.91. The van der Waals surface area contributed by atoms with Gasteiger partial charge in [0.25, 0.3) is 0 Å². The van der Waals surface area contributed by atoms with E-state index in [2.05, 4.69) is 19.6 Å². The summed E-state index contributed by atoms with van der Waals surface area (Å²) in [7, 11) is -0.360. The van der Waals surface area contributed by atoms with Crippen LogP contribution in [0.1, 0.15) is 61.4 Å². The van der Waals surface area contributed by atoms with Crippen LogP contribution in [0.4, 0.5) is 0 Å². The first-order chi connectivity index (χ1) is 13.2. The van der Waals surface area contributed by atoms with Crippen LogP contribution in [-0.2, 0) is 9.53 Å². The van der Waals surface area contributed by atoms with E-state index in [1.807, 2.05) is 25.1 Å². The van der Waals surface area contributed by atoms with Crippen molar-refractivity contribution in [1.82, 2.24) is 0 Å². The van der Waals surface area contributed by atoms with Crippen LogP contribution in [0, 0.1) is 0 Å². The van der Waals surface area contributed by atoms with Gasteiger partial charge in [0.15, 0.2) is 0 Å². The number of hydrogen-bond donors (Lipinski definition) is 0. The summed E-state index contributed by atoms with van der Waals surface area (Å²) < 4.78 is 17.3. The lowest BCUT2D eigenvalue weighted by atomic mass is 10.0. The van der Waals surface area contributed by atoms with Gasteiger partial charge >= 0.3 is 5.97 Å². The zero-order chi connectivity index (χ0) is 20.7. The van der Waals surface area contributed by atoms with Crippen molar-refractivity contribution >= 4 is 26.1 Å². The van der Waals surface area contributed by atoms with Gasteiger partial charge in [-0.15, -0.1) is 0 Å².